The summed E-state index contributed by atoms with van der Waals surface area (Å²) in [7, 11) is 1.57. The molecule has 1 aromatic heterocycles. The number of halogens is 2. The lowest BCUT2D eigenvalue weighted by Gasteiger charge is -2.31. The van der Waals surface area contributed by atoms with Gasteiger partial charge in [-0.1, -0.05) is 0 Å². The number of hydrogen-bond acceptors (Lipinski definition) is 4. The third-order valence-corrected chi connectivity index (χ3v) is 4.11. The van der Waals surface area contributed by atoms with Crippen molar-refractivity contribution in [3.05, 3.63) is 23.7 Å². The Bertz CT molecular complexity index is 499. The van der Waals surface area contributed by atoms with Gasteiger partial charge in [0.15, 0.2) is 0 Å². The summed E-state index contributed by atoms with van der Waals surface area (Å²) in [4.78, 5) is 14.1. The molecule has 0 bridgehead atoms. The summed E-state index contributed by atoms with van der Waals surface area (Å²) >= 11 is 0. The molecule has 2 rings (SSSR count). The molecule has 23 heavy (non-hydrogen) atoms. The molecule has 1 N–H and O–H groups in total. The van der Waals surface area contributed by atoms with Crippen molar-refractivity contribution in [2.24, 2.45) is 5.92 Å². The Morgan fingerprint density at radius 1 is 1.43 bits per heavy atom. The number of alkyl halides is 2. The van der Waals surface area contributed by atoms with E-state index in [-0.39, 0.29) is 24.4 Å². The summed E-state index contributed by atoms with van der Waals surface area (Å²) in [6.45, 7) is 3.00. The molecular formula is C16H24F2N2O3. The van der Waals surface area contributed by atoms with Crippen LogP contribution in [0.25, 0.3) is 0 Å². The normalized spacial score (nSPS) is 18.3. The van der Waals surface area contributed by atoms with Crippen molar-refractivity contribution in [1.82, 2.24) is 10.2 Å². The Hall–Kier alpha value is -1.47. The summed E-state index contributed by atoms with van der Waals surface area (Å²) in [5.74, 6) is 1.21. The second-order valence-corrected chi connectivity index (χ2v) is 5.93. The van der Waals surface area contributed by atoms with Crippen molar-refractivity contribution < 1.29 is 22.7 Å². The SMILES string of the molecule is COC[C@H](NC(=O)C1CCN(CC(F)F)CC1)c1ccc(C)o1. The molecule has 1 atom stereocenters. The van der Waals surface area contributed by atoms with Gasteiger partial charge in [-0.3, -0.25) is 9.69 Å². The van der Waals surface area contributed by atoms with Gasteiger partial charge in [0, 0.05) is 13.0 Å². The fraction of sp³-hybridized carbons (Fsp3) is 0.688. The maximum absolute atomic E-state index is 12.4. The van der Waals surface area contributed by atoms with Crippen molar-refractivity contribution in [3.8, 4) is 0 Å². The summed E-state index contributed by atoms with van der Waals surface area (Å²) in [6.07, 6.45) is -1.14. The molecule has 0 aliphatic carbocycles. The van der Waals surface area contributed by atoms with Crippen LogP contribution in [0, 0.1) is 12.8 Å². The molecule has 1 saturated heterocycles. The number of carbonyl (C=O) groups excluding carboxylic acids is 1. The largest absolute Gasteiger partial charge is 0.464 e. The van der Waals surface area contributed by atoms with Gasteiger partial charge < -0.3 is 14.5 Å². The molecular weight excluding hydrogens is 306 g/mol. The highest BCUT2D eigenvalue weighted by atomic mass is 19.3. The third-order valence-electron chi connectivity index (χ3n) is 4.11. The number of piperidine rings is 1. The zero-order valence-electron chi connectivity index (χ0n) is 13.6. The number of furan rings is 1. The van der Waals surface area contributed by atoms with Gasteiger partial charge in [0.1, 0.15) is 17.6 Å². The van der Waals surface area contributed by atoms with Crippen LogP contribution in [0.15, 0.2) is 16.5 Å². The molecule has 1 aromatic rings. The molecule has 0 saturated carbocycles. The summed E-state index contributed by atoms with van der Waals surface area (Å²) in [5.41, 5.74) is 0. The monoisotopic (exact) mass is 330 g/mol. The van der Waals surface area contributed by atoms with E-state index < -0.39 is 6.43 Å². The number of hydrogen-bond donors (Lipinski definition) is 1. The number of methoxy groups -OCH3 is 1. The highest BCUT2D eigenvalue weighted by molar-refractivity contribution is 5.79. The summed E-state index contributed by atoms with van der Waals surface area (Å²) in [6, 6.07) is 3.33. The molecule has 0 unspecified atom stereocenters. The molecule has 5 nitrogen and oxygen atoms in total. The highest BCUT2D eigenvalue weighted by Gasteiger charge is 2.28. The van der Waals surface area contributed by atoms with E-state index in [1.165, 1.54) is 0 Å². The smallest absolute Gasteiger partial charge is 0.251 e. The van der Waals surface area contributed by atoms with E-state index in [0.29, 0.717) is 38.3 Å². The predicted octanol–water partition coefficient (Wildman–Crippen LogP) is 2.37. The first-order chi connectivity index (χ1) is 11.0. The Labute approximate surface area is 135 Å². The molecule has 1 aliphatic rings. The van der Waals surface area contributed by atoms with Crippen LogP contribution >= 0.6 is 0 Å². The molecule has 7 heteroatoms. The van der Waals surface area contributed by atoms with Crippen LogP contribution < -0.4 is 5.32 Å². The van der Waals surface area contributed by atoms with Crippen LogP contribution in [-0.2, 0) is 9.53 Å². The Morgan fingerprint density at radius 3 is 2.65 bits per heavy atom. The van der Waals surface area contributed by atoms with Crippen LogP contribution in [0.1, 0.15) is 30.4 Å². The maximum atomic E-state index is 12.4. The van der Waals surface area contributed by atoms with E-state index >= 15 is 0 Å². The van der Waals surface area contributed by atoms with E-state index in [1.807, 2.05) is 19.1 Å². The fourth-order valence-electron chi connectivity index (χ4n) is 2.86. The predicted molar refractivity (Wildman–Crippen MR) is 81.4 cm³/mol. The molecule has 0 spiro atoms. The van der Waals surface area contributed by atoms with Crippen molar-refractivity contribution in [2.45, 2.75) is 32.2 Å². The number of nitrogens with zero attached hydrogens (tertiary/aromatic N) is 1. The van der Waals surface area contributed by atoms with E-state index in [4.69, 9.17) is 9.15 Å². The Morgan fingerprint density at radius 2 is 2.13 bits per heavy atom. The number of ether oxygens (including phenoxy) is 1. The summed E-state index contributed by atoms with van der Waals surface area (Å²) < 4.78 is 35.5. The third kappa shape index (κ3) is 5.28. The van der Waals surface area contributed by atoms with Gasteiger partial charge in [0.2, 0.25) is 5.91 Å². The summed E-state index contributed by atoms with van der Waals surface area (Å²) in [5, 5.41) is 2.95. The van der Waals surface area contributed by atoms with Crippen LogP contribution in [0.3, 0.4) is 0 Å². The minimum Gasteiger partial charge on any atom is -0.464 e. The van der Waals surface area contributed by atoms with Gasteiger partial charge in [0.25, 0.3) is 6.43 Å². The van der Waals surface area contributed by atoms with E-state index in [1.54, 1.807) is 12.0 Å². The molecule has 0 radical (unpaired) electrons. The van der Waals surface area contributed by atoms with Crippen molar-refractivity contribution in [3.63, 3.8) is 0 Å². The molecule has 130 valence electrons. The second kappa shape index (κ2) is 8.40. The Balaban J connectivity index is 1.87. The number of rotatable bonds is 7. The minimum absolute atomic E-state index is 0.0715. The fourth-order valence-corrected chi connectivity index (χ4v) is 2.86. The van der Waals surface area contributed by atoms with Gasteiger partial charge in [0.05, 0.1) is 13.2 Å². The first-order valence-electron chi connectivity index (χ1n) is 7.85. The van der Waals surface area contributed by atoms with Gasteiger partial charge in [-0.25, -0.2) is 8.78 Å². The van der Waals surface area contributed by atoms with Crippen molar-refractivity contribution in [2.75, 3.05) is 33.4 Å². The number of aryl methyl sites for hydroxylation is 1. The lowest BCUT2D eigenvalue weighted by atomic mass is 9.95. The average Bonchev–Trinajstić information content (AvgIpc) is 2.93. The van der Waals surface area contributed by atoms with Crippen molar-refractivity contribution >= 4 is 5.91 Å². The van der Waals surface area contributed by atoms with Gasteiger partial charge in [-0.15, -0.1) is 0 Å². The topological polar surface area (TPSA) is 54.7 Å². The number of carbonyl (C=O) groups is 1. The maximum Gasteiger partial charge on any atom is 0.251 e. The molecule has 0 aromatic carbocycles. The van der Waals surface area contributed by atoms with Crippen molar-refractivity contribution in [1.29, 1.82) is 0 Å². The quantitative estimate of drug-likeness (QED) is 0.834. The molecule has 1 aliphatic heterocycles. The standard InChI is InChI=1S/C16H24F2N2O3/c1-11-3-4-14(23-11)13(10-22-2)19-16(21)12-5-7-20(8-6-12)9-15(17)18/h3-4,12-13,15H,5-10H2,1-2H3,(H,19,21)/t13-/m0/s1. The second-order valence-electron chi connectivity index (χ2n) is 5.93. The van der Waals surface area contributed by atoms with Crippen LogP contribution in [-0.4, -0.2) is 50.6 Å². The zero-order chi connectivity index (χ0) is 16.8. The van der Waals surface area contributed by atoms with Gasteiger partial charge in [-0.05, 0) is 45.0 Å². The lowest BCUT2D eigenvalue weighted by molar-refractivity contribution is -0.127. The highest BCUT2D eigenvalue weighted by Crippen LogP contribution is 2.21. The van der Waals surface area contributed by atoms with E-state index in [2.05, 4.69) is 5.32 Å². The average molecular weight is 330 g/mol. The van der Waals surface area contributed by atoms with E-state index in [0.717, 1.165) is 5.76 Å². The number of nitrogens with one attached hydrogen (secondary N) is 1. The lowest BCUT2D eigenvalue weighted by Crippen LogP contribution is -2.43. The first-order valence-corrected chi connectivity index (χ1v) is 7.85. The zero-order valence-corrected chi connectivity index (χ0v) is 13.6. The first kappa shape index (κ1) is 17.9. The van der Waals surface area contributed by atoms with Crippen LogP contribution in [0.4, 0.5) is 8.78 Å². The van der Waals surface area contributed by atoms with Gasteiger partial charge in [-0.2, -0.15) is 0 Å². The Kier molecular flexibility index (Phi) is 6.53. The minimum atomic E-state index is -2.33. The van der Waals surface area contributed by atoms with Crippen LogP contribution in [0.5, 0.6) is 0 Å². The molecule has 1 fully saturated rings. The molecule has 2 heterocycles. The van der Waals surface area contributed by atoms with Gasteiger partial charge >= 0.3 is 0 Å². The van der Waals surface area contributed by atoms with Crippen LogP contribution in [0.2, 0.25) is 0 Å². The van der Waals surface area contributed by atoms with E-state index in [9.17, 15) is 13.6 Å². The molecule has 1 amide bonds. The number of amides is 1. The number of likely N-dealkylation sites (tertiary alicyclic amines) is 1.